The maximum absolute atomic E-state index is 12.3. The summed E-state index contributed by atoms with van der Waals surface area (Å²) in [6.45, 7) is 11.9. The molecule has 0 heterocycles. The van der Waals surface area contributed by atoms with Gasteiger partial charge in [0.25, 0.3) is 0 Å². The monoisotopic (exact) mass is 440 g/mol. The Morgan fingerprint density at radius 1 is 0.645 bits per heavy atom. The fraction of sp³-hybridized carbons (Fsp3) is 0.636. The molecule has 174 valence electrons. The predicted octanol–water partition coefficient (Wildman–Crippen LogP) is 2.75. The van der Waals surface area contributed by atoms with Crippen molar-refractivity contribution in [2.75, 3.05) is 0 Å². The maximum atomic E-state index is 12.3. The van der Waals surface area contributed by atoms with Crippen LogP contribution in [-0.2, 0) is 43.0 Å². The SMILES string of the molecule is CC=C(C)C(=O)OC(=O)C(C)C(C)C(=O)OC(=O)C(C)C(C)C(=O)OC(=O)C(C)CC. The van der Waals surface area contributed by atoms with E-state index in [1.54, 1.807) is 20.8 Å². The molecule has 31 heavy (non-hydrogen) atoms. The molecule has 0 spiro atoms. The van der Waals surface area contributed by atoms with Crippen molar-refractivity contribution in [3.05, 3.63) is 11.6 Å². The number of hydrogen-bond donors (Lipinski definition) is 0. The summed E-state index contributed by atoms with van der Waals surface area (Å²) < 4.78 is 14.2. The van der Waals surface area contributed by atoms with Crippen molar-refractivity contribution in [3.63, 3.8) is 0 Å². The number of allylic oxidation sites excluding steroid dienone is 1. The highest BCUT2D eigenvalue weighted by Gasteiger charge is 2.35. The summed E-state index contributed by atoms with van der Waals surface area (Å²) in [5.41, 5.74) is 0.229. The summed E-state index contributed by atoms with van der Waals surface area (Å²) in [5.74, 6) is -10.1. The van der Waals surface area contributed by atoms with E-state index < -0.39 is 65.4 Å². The van der Waals surface area contributed by atoms with Crippen molar-refractivity contribution in [2.45, 2.75) is 61.8 Å². The highest BCUT2D eigenvalue weighted by molar-refractivity contribution is 5.98. The smallest absolute Gasteiger partial charge is 0.341 e. The largest absolute Gasteiger partial charge is 0.393 e. The number of carbonyl (C=O) groups is 6. The zero-order valence-electron chi connectivity index (χ0n) is 19.3. The van der Waals surface area contributed by atoms with Crippen molar-refractivity contribution in [1.82, 2.24) is 0 Å². The second-order valence-corrected chi connectivity index (χ2v) is 7.62. The molecule has 0 N–H and O–H groups in total. The molecule has 5 atom stereocenters. The minimum absolute atomic E-state index is 0.229. The Morgan fingerprint density at radius 3 is 1.29 bits per heavy atom. The van der Waals surface area contributed by atoms with Gasteiger partial charge in [0, 0.05) is 5.57 Å². The van der Waals surface area contributed by atoms with Gasteiger partial charge in [-0.3, -0.25) is 24.0 Å². The average molecular weight is 440 g/mol. The summed E-state index contributed by atoms with van der Waals surface area (Å²) in [4.78, 5) is 72.1. The van der Waals surface area contributed by atoms with E-state index in [-0.39, 0.29) is 5.57 Å². The van der Waals surface area contributed by atoms with E-state index in [1.165, 1.54) is 40.7 Å². The quantitative estimate of drug-likeness (QED) is 0.230. The van der Waals surface area contributed by atoms with Crippen LogP contribution in [0.15, 0.2) is 11.6 Å². The lowest BCUT2D eigenvalue weighted by Gasteiger charge is -2.20. The summed E-state index contributed by atoms with van der Waals surface area (Å²) in [6.07, 6.45) is 1.96. The average Bonchev–Trinajstić information content (AvgIpc) is 2.74. The van der Waals surface area contributed by atoms with E-state index in [9.17, 15) is 28.8 Å². The van der Waals surface area contributed by atoms with Crippen LogP contribution in [0, 0.1) is 29.6 Å². The number of esters is 6. The molecule has 0 aromatic heterocycles. The van der Waals surface area contributed by atoms with Gasteiger partial charge in [0.15, 0.2) is 0 Å². The van der Waals surface area contributed by atoms with Crippen molar-refractivity contribution in [2.24, 2.45) is 29.6 Å². The Labute approximate surface area is 182 Å². The third kappa shape index (κ3) is 8.43. The molecule has 9 nitrogen and oxygen atoms in total. The summed E-state index contributed by atoms with van der Waals surface area (Å²) in [5, 5.41) is 0. The molecule has 0 aliphatic heterocycles. The molecule has 0 aliphatic rings. The van der Waals surface area contributed by atoms with Crippen molar-refractivity contribution in [3.8, 4) is 0 Å². The van der Waals surface area contributed by atoms with E-state index in [0.717, 1.165) is 0 Å². The van der Waals surface area contributed by atoms with Crippen molar-refractivity contribution < 1.29 is 43.0 Å². The Bertz CT molecular complexity index is 750. The highest BCUT2D eigenvalue weighted by Crippen LogP contribution is 2.20. The third-order valence-corrected chi connectivity index (χ3v) is 5.35. The van der Waals surface area contributed by atoms with Crippen LogP contribution < -0.4 is 0 Å². The molecule has 0 saturated carbocycles. The van der Waals surface area contributed by atoms with Crippen LogP contribution in [0.1, 0.15) is 61.8 Å². The fourth-order valence-electron chi connectivity index (χ4n) is 1.94. The lowest BCUT2D eigenvalue weighted by atomic mass is 9.95. The van der Waals surface area contributed by atoms with Gasteiger partial charge in [0.1, 0.15) is 0 Å². The lowest BCUT2D eigenvalue weighted by molar-refractivity contribution is -0.175. The first-order chi connectivity index (χ1) is 14.3. The van der Waals surface area contributed by atoms with E-state index in [0.29, 0.717) is 6.42 Å². The lowest BCUT2D eigenvalue weighted by Crippen LogP contribution is -2.35. The summed E-state index contributed by atoms with van der Waals surface area (Å²) in [7, 11) is 0. The van der Waals surface area contributed by atoms with Gasteiger partial charge in [-0.25, -0.2) is 4.79 Å². The number of hydrogen-bond acceptors (Lipinski definition) is 9. The third-order valence-electron chi connectivity index (χ3n) is 5.35. The predicted molar refractivity (Wildman–Crippen MR) is 109 cm³/mol. The first-order valence-corrected chi connectivity index (χ1v) is 10.2. The van der Waals surface area contributed by atoms with Gasteiger partial charge in [0.2, 0.25) is 0 Å². The molecule has 5 unspecified atom stereocenters. The van der Waals surface area contributed by atoms with Gasteiger partial charge in [-0.2, -0.15) is 0 Å². The molecule has 0 bridgehead atoms. The minimum Gasteiger partial charge on any atom is -0.393 e. The van der Waals surface area contributed by atoms with Crippen LogP contribution in [0.2, 0.25) is 0 Å². The number of rotatable bonds is 9. The van der Waals surface area contributed by atoms with E-state index >= 15 is 0 Å². The van der Waals surface area contributed by atoms with Gasteiger partial charge in [-0.05, 0) is 20.3 Å². The molecule has 0 aliphatic carbocycles. The molecule has 0 amide bonds. The standard InChI is InChI=1S/C22H32O9/c1-9-11(3)17(23)29-19(25)13(5)15(7)21(27)31-22(28)16(8)14(6)20(26)30-18(24)12(4)10-2/h9,12-16H,10H2,1-8H3. The molecular weight excluding hydrogens is 408 g/mol. The van der Waals surface area contributed by atoms with E-state index in [2.05, 4.69) is 0 Å². The van der Waals surface area contributed by atoms with E-state index in [1.807, 2.05) is 0 Å². The van der Waals surface area contributed by atoms with Crippen LogP contribution >= 0.6 is 0 Å². The molecule has 0 rings (SSSR count). The van der Waals surface area contributed by atoms with Gasteiger partial charge < -0.3 is 14.2 Å². The molecule has 0 radical (unpaired) electrons. The topological polar surface area (TPSA) is 130 Å². The van der Waals surface area contributed by atoms with Crippen LogP contribution in [0.3, 0.4) is 0 Å². The fourth-order valence-corrected chi connectivity index (χ4v) is 1.94. The second-order valence-electron chi connectivity index (χ2n) is 7.62. The van der Waals surface area contributed by atoms with Gasteiger partial charge in [-0.1, -0.05) is 47.6 Å². The molecule has 0 saturated heterocycles. The Kier molecular flexibility index (Phi) is 11.6. The Hall–Kier alpha value is -2.84. The summed E-state index contributed by atoms with van der Waals surface area (Å²) >= 11 is 0. The maximum Gasteiger partial charge on any atom is 0.341 e. The zero-order valence-corrected chi connectivity index (χ0v) is 19.3. The van der Waals surface area contributed by atoms with E-state index in [4.69, 9.17) is 14.2 Å². The van der Waals surface area contributed by atoms with Crippen molar-refractivity contribution >= 4 is 35.8 Å². The molecule has 0 aromatic rings. The Morgan fingerprint density at radius 2 is 0.968 bits per heavy atom. The van der Waals surface area contributed by atoms with Crippen molar-refractivity contribution in [1.29, 1.82) is 0 Å². The van der Waals surface area contributed by atoms with Gasteiger partial charge in [0.05, 0.1) is 29.6 Å². The van der Waals surface area contributed by atoms with Crippen LogP contribution in [-0.4, -0.2) is 35.8 Å². The Balaban J connectivity index is 4.92. The first kappa shape index (κ1) is 28.2. The zero-order chi connectivity index (χ0) is 24.5. The van der Waals surface area contributed by atoms with Gasteiger partial charge in [-0.15, -0.1) is 0 Å². The molecule has 0 aromatic carbocycles. The second kappa shape index (κ2) is 12.8. The van der Waals surface area contributed by atoms with Gasteiger partial charge >= 0.3 is 35.8 Å². The summed E-state index contributed by atoms with van der Waals surface area (Å²) in [6, 6.07) is 0. The normalized spacial score (nSPS) is 16.2. The first-order valence-electron chi connectivity index (χ1n) is 10.2. The van der Waals surface area contributed by atoms with Crippen LogP contribution in [0.4, 0.5) is 0 Å². The highest BCUT2D eigenvalue weighted by atomic mass is 16.6. The van der Waals surface area contributed by atoms with Crippen LogP contribution in [0.25, 0.3) is 0 Å². The molecular formula is C22H32O9. The number of ether oxygens (including phenoxy) is 3. The van der Waals surface area contributed by atoms with Crippen LogP contribution in [0.5, 0.6) is 0 Å². The molecule has 9 heteroatoms. The number of carbonyl (C=O) groups excluding carboxylic acids is 6. The molecule has 0 fully saturated rings. The minimum atomic E-state index is -1.09.